The molecule has 0 aliphatic heterocycles. The second kappa shape index (κ2) is 17.9. The minimum atomic E-state index is -1.12. The van der Waals surface area contributed by atoms with Crippen LogP contribution in [-0.2, 0) is 14.3 Å². The number of unbranched alkanes of at least 4 members (excludes halogenated alkanes) is 5. The van der Waals surface area contributed by atoms with E-state index in [1.807, 2.05) is 6.92 Å². The van der Waals surface area contributed by atoms with E-state index < -0.39 is 24.0 Å². The van der Waals surface area contributed by atoms with Crippen LogP contribution in [0.3, 0.4) is 0 Å². The summed E-state index contributed by atoms with van der Waals surface area (Å²) in [5.41, 5.74) is -0.539. The number of carbonyl (C=O) groups is 2. The van der Waals surface area contributed by atoms with E-state index in [1.54, 1.807) is 0 Å². The van der Waals surface area contributed by atoms with Crippen molar-refractivity contribution in [1.29, 1.82) is 0 Å². The van der Waals surface area contributed by atoms with Crippen LogP contribution in [0.2, 0.25) is 0 Å². The van der Waals surface area contributed by atoms with Gasteiger partial charge in [-0.15, -0.1) is 0 Å². The van der Waals surface area contributed by atoms with Gasteiger partial charge in [-0.2, -0.15) is 0 Å². The number of aliphatic carboxylic acids is 1. The molecular formula is C19H38LiNaO4. The van der Waals surface area contributed by atoms with Gasteiger partial charge in [-0.05, 0) is 38.5 Å². The summed E-state index contributed by atoms with van der Waals surface area (Å²) >= 11 is 0. The number of esters is 1. The molecule has 6 heteroatoms. The fourth-order valence-corrected chi connectivity index (χ4v) is 3.24. The van der Waals surface area contributed by atoms with Crippen molar-refractivity contribution in [2.45, 2.75) is 104 Å². The average Bonchev–Trinajstić information content (AvgIpc) is 2.47. The molecule has 4 nitrogen and oxygen atoms in total. The summed E-state index contributed by atoms with van der Waals surface area (Å²) < 4.78 is 5.69. The van der Waals surface area contributed by atoms with Crippen LogP contribution in [0.1, 0.15) is 98.3 Å². The zero-order valence-corrected chi connectivity index (χ0v) is 15.5. The van der Waals surface area contributed by atoms with Crippen LogP contribution < -0.4 is 0 Å². The van der Waals surface area contributed by atoms with E-state index in [0.29, 0.717) is 5.92 Å². The van der Waals surface area contributed by atoms with Gasteiger partial charge < -0.3 is 9.84 Å². The Kier molecular flexibility index (Phi) is 21.7. The van der Waals surface area contributed by atoms with Gasteiger partial charge in [-0.3, -0.25) is 9.59 Å². The molecule has 0 rings (SSSR count). The van der Waals surface area contributed by atoms with E-state index in [2.05, 4.69) is 20.8 Å². The Labute approximate surface area is 188 Å². The molecule has 0 saturated carbocycles. The molecule has 2 unspecified atom stereocenters. The summed E-state index contributed by atoms with van der Waals surface area (Å²) in [6, 6.07) is 0. The van der Waals surface area contributed by atoms with Crippen molar-refractivity contribution in [3.05, 3.63) is 0 Å². The Balaban J connectivity index is -0.00000242. The molecule has 0 aliphatic carbocycles. The molecule has 0 aromatic rings. The Morgan fingerprint density at radius 2 is 1.56 bits per heavy atom. The predicted molar refractivity (Wildman–Crippen MR) is 108 cm³/mol. The van der Waals surface area contributed by atoms with Crippen LogP contribution in [0.25, 0.3) is 0 Å². The van der Waals surface area contributed by atoms with Crippen LogP contribution in [0.15, 0.2) is 0 Å². The van der Waals surface area contributed by atoms with Crippen molar-refractivity contribution in [3.63, 3.8) is 0 Å². The third kappa shape index (κ3) is 14.3. The molecule has 2 atom stereocenters. The van der Waals surface area contributed by atoms with Gasteiger partial charge in [0.2, 0.25) is 0 Å². The topological polar surface area (TPSA) is 63.6 Å². The van der Waals surface area contributed by atoms with Crippen molar-refractivity contribution < 1.29 is 19.4 Å². The zero-order chi connectivity index (χ0) is 17.7. The molecule has 0 aromatic heterocycles. The molecule has 25 heavy (non-hydrogen) atoms. The van der Waals surface area contributed by atoms with Crippen LogP contribution in [0, 0.1) is 5.92 Å². The molecule has 0 radical (unpaired) electrons. The van der Waals surface area contributed by atoms with Crippen LogP contribution in [0.4, 0.5) is 0 Å². The number of carbonyl (C=O) groups excluding carboxylic acids is 1. The first kappa shape index (κ1) is 30.3. The molecular weight excluding hydrogens is 322 g/mol. The molecule has 0 bridgehead atoms. The summed E-state index contributed by atoms with van der Waals surface area (Å²) in [7, 11) is 0. The molecule has 0 aliphatic rings. The zero-order valence-electron chi connectivity index (χ0n) is 15.5. The Morgan fingerprint density at radius 1 is 1.00 bits per heavy atom. The van der Waals surface area contributed by atoms with Gasteiger partial charge in [0.15, 0.2) is 0 Å². The van der Waals surface area contributed by atoms with Crippen LogP contribution in [0.5, 0.6) is 0 Å². The average molecular weight is 360 g/mol. The summed E-state index contributed by atoms with van der Waals surface area (Å²) in [6.07, 6.45) is 10.3. The minimum absolute atomic E-state index is 0. The van der Waals surface area contributed by atoms with E-state index >= 15 is 0 Å². The normalized spacial score (nSPS) is 13.8. The SMILES string of the molecule is CCCCCCC(C)(OC(=O)CC(=O)O)C(CC)CCCCC.[LiH].[NaH]. The van der Waals surface area contributed by atoms with E-state index in [1.165, 1.54) is 25.7 Å². The van der Waals surface area contributed by atoms with Crippen molar-refractivity contribution in [3.8, 4) is 0 Å². The number of carboxylic acids is 1. The van der Waals surface area contributed by atoms with Gasteiger partial charge >= 0.3 is 60.4 Å². The van der Waals surface area contributed by atoms with Gasteiger partial charge in [0.1, 0.15) is 12.0 Å². The predicted octanol–water partition coefficient (Wildman–Crippen LogP) is 4.04. The van der Waals surface area contributed by atoms with Gasteiger partial charge in [-0.1, -0.05) is 59.3 Å². The summed E-state index contributed by atoms with van der Waals surface area (Å²) in [5, 5.41) is 8.80. The van der Waals surface area contributed by atoms with Crippen molar-refractivity contribution >= 4 is 60.4 Å². The van der Waals surface area contributed by atoms with E-state index in [9.17, 15) is 9.59 Å². The third-order valence-corrected chi connectivity index (χ3v) is 4.68. The molecule has 140 valence electrons. The number of hydrogen-bond donors (Lipinski definition) is 1. The van der Waals surface area contributed by atoms with Gasteiger partial charge in [0.25, 0.3) is 0 Å². The maximum absolute atomic E-state index is 11.9. The molecule has 0 heterocycles. The number of ether oxygens (including phenoxy) is 1. The Morgan fingerprint density at radius 3 is 2.04 bits per heavy atom. The summed E-state index contributed by atoms with van der Waals surface area (Å²) in [4.78, 5) is 22.6. The van der Waals surface area contributed by atoms with Crippen molar-refractivity contribution in [1.82, 2.24) is 0 Å². The third-order valence-electron chi connectivity index (χ3n) is 4.68. The molecule has 1 N–H and O–H groups in total. The van der Waals surface area contributed by atoms with Crippen LogP contribution in [-0.4, -0.2) is 71.1 Å². The number of hydrogen-bond acceptors (Lipinski definition) is 3. The quantitative estimate of drug-likeness (QED) is 0.220. The number of carboxylic acid groups (broad SMARTS) is 1. The fraction of sp³-hybridized carbons (Fsp3) is 0.895. The molecule has 0 saturated heterocycles. The molecule has 0 amide bonds. The second-order valence-corrected chi connectivity index (χ2v) is 6.77. The summed E-state index contributed by atoms with van der Waals surface area (Å²) in [6.45, 7) is 8.48. The van der Waals surface area contributed by atoms with E-state index in [0.717, 1.165) is 38.5 Å². The van der Waals surface area contributed by atoms with Gasteiger partial charge in [0.05, 0.1) is 0 Å². The van der Waals surface area contributed by atoms with Gasteiger partial charge in [-0.25, -0.2) is 0 Å². The monoisotopic (exact) mass is 360 g/mol. The Bertz CT molecular complexity index is 352. The first-order valence-electron chi connectivity index (χ1n) is 9.33. The molecule has 0 aromatic carbocycles. The fourth-order valence-electron chi connectivity index (χ4n) is 3.24. The summed E-state index contributed by atoms with van der Waals surface area (Å²) in [5.74, 6) is -1.43. The van der Waals surface area contributed by atoms with E-state index in [4.69, 9.17) is 9.84 Å². The van der Waals surface area contributed by atoms with Crippen LogP contribution >= 0.6 is 0 Å². The first-order chi connectivity index (χ1) is 10.9. The molecule has 0 fully saturated rings. The van der Waals surface area contributed by atoms with E-state index in [-0.39, 0.29) is 48.4 Å². The van der Waals surface area contributed by atoms with Gasteiger partial charge in [0, 0.05) is 0 Å². The second-order valence-electron chi connectivity index (χ2n) is 6.77. The van der Waals surface area contributed by atoms with Crippen molar-refractivity contribution in [2.75, 3.05) is 0 Å². The standard InChI is InChI=1S/C19H36O4.Li.Na.2H/c1-5-8-10-12-14-19(4,23-18(22)15-17(20)21)16(7-3)13-11-9-6-2;;;;/h16H,5-15H2,1-4H3,(H,20,21);;;;. The first-order valence-corrected chi connectivity index (χ1v) is 9.33. The Hall–Kier alpha value is 0.537. The molecule has 0 spiro atoms. The maximum atomic E-state index is 11.9. The van der Waals surface area contributed by atoms with Crippen molar-refractivity contribution in [2.24, 2.45) is 5.92 Å². The number of rotatable bonds is 14.